The Bertz CT molecular complexity index is 1660. The molecule has 1 atom stereocenters. The summed E-state index contributed by atoms with van der Waals surface area (Å²) in [6.45, 7) is 0. The first kappa shape index (κ1) is 28.2. The molecule has 0 N–H and O–H groups in total. The smallest absolute Gasteiger partial charge is 0.0557 e. The number of hydrogen-bond donors (Lipinski definition) is 0. The summed E-state index contributed by atoms with van der Waals surface area (Å²) >= 11 is 0. The van der Waals surface area contributed by atoms with Gasteiger partial charge in [-0.1, -0.05) is 140 Å². The molecule has 3 aromatic carbocycles. The van der Waals surface area contributed by atoms with Gasteiger partial charge in [0.2, 0.25) is 0 Å². The molecule has 1 unspecified atom stereocenters. The lowest BCUT2D eigenvalue weighted by Crippen LogP contribution is -2.33. The fraction of sp³-hybridized carbons (Fsp3) is 0.209. The van der Waals surface area contributed by atoms with Crippen LogP contribution in [0.2, 0.25) is 0 Å². The van der Waals surface area contributed by atoms with E-state index in [0.717, 1.165) is 44.9 Å². The van der Waals surface area contributed by atoms with Gasteiger partial charge in [0.05, 0.1) is 6.04 Å². The van der Waals surface area contributed by atoms with E-state index in [4.69, 9.17) is 0 Å². The molecule has 4 aliphatic carbocycles. The number of hydrogen-bond acceptors (Lipinski definition) is 1. The zero-order chi connectivity index (χ0) is 29.6. The summed E-state index contributed by atoms with van der Waals surface area (Å²) in [6.07, 6.45) is 33.6. The molecule has 0 spiro atoms. The fourth-order valence-corrected chi connectivity index (χ4v) is 7.05. The molecule has 0 fully saturated rings. The van der Waals surface area contributed by atoms with Crippen molar-refractivity contribution in [3.63, 3.8) is 0 Å². The van der Waals surface area contributed by atoms with Gasteiger partial charge < -0.3 is 4.90 Å². The van der Waals surface area contributed by atoms with E-state index in [9.17, 15) is 0 Å². The predicted molar refractivity (Wildman–Crippen MR) is 186 cm³/mol. The van der Waals surface area contributed by atoms with Crippen LogP contribution in [0.4, 0.5) is 0 Å². The van der Waals surface area contributed by atoms with Crippen LogP contribution in [0.15, 0.2) is 174 Å². The average Bonchev–Trinajstić information content (AvgIpc) is 3.11. The molecule has 0 saturated carbocycles. The van der Waals surface area contributed by atoms with Crippen LogP contribution in [0, 0.1) is 0 Å². The summed E-state index contributed by atoms with van der Waals surface area (Å²) in [7, 11) is 0. The zero-order valence-corrected chi connectivity index (χ0v) is 25.5. The minimum atomic E-state index is 0.236. The Morgan fingerprint density at radius 3 is 1.89 bits per heavy atom. The first-order chi connectivity index (χ1) is 21.8. The maximum Gasteiger partial charge on any atom is 0.0557 e. The van der Waals surface area contributed by atoms with Crippen LogP contribution >= 0.6 is 0 Å². The van der Waals surface area contributed by atoms with Crippen molar-refractivity contribution in [2.75, 3.05) is 0 Å². The summed E-state index contributed by atoms with van der Waals surface area (Å²) in [6, 6.07) is 31.4. The van der Waals surface area contributed by atoms with E-state index in [1.807, 2.05) is 0 Å². The molecule has 44 heavy (non-hydrogen) atoms. The van der Waals surface area contributed by atoms with E-state index >= 15 is 0 Å². The standard InChI is InChI=1S/C43H41N/c1-5-13-37(14-6-1)43(38-15-7-2-8-16-38)39-27-25-35(26-28-39)33-21-23-34(24-22-33)36-29-31-42(32-30-36)44(40-17-9-3-10-18-40)41-19-11-4-12-20-41/h1-3,5-9,11,13-17,19-21,23,25-31,42-43H,4,10,12,18,22,24,32H2. The van der Waals surface area contributed by atoms with Crippen molar-refractivity contribution in [2.45, 2.75) is 56.9 Å². The molecular weight excluding hydrogens is 530 g/mol. The van der Waals surface area contributed by atoms with E-state index in [-0.39, 0.29) is 5.92 Å². The number of nitrogens with zero attached hydrogens (tertiary/aromatic N) is 1. The molecule has 4 aliphatic rings. The van der Waals surface area contributed by atoms with Gasteiger partial charge in [0, 0.05) is 17.3 Å². The molecule has 0 aromatic heterocycles. The molecule has 0 saturated heterocycles. The normalized spacial score (nSPS) is 19.6. The van der Waals surface area contributed by atoms with Crippen molar-refractivity contribution in [1.29, 1.82) is 0 Å². The molecule has 0 heterocycles. The second-order valence-corrected chi connectivity index (χ2v) is 12.2. The highest BCUT2D eigenvalue weighted by molar-refractivity contribution is 5.70. The van der Waals surface area contributed by atoms with Crippen molar-refractivity contribution in [2.24, 2.45) is 0 Å². The van der Waals surface area contributed by atoms with Crippen LogP contribution in [-0.4, -0.2) is 10.9 Å². The Labute approximate surface area is 263 Å². The first-order valence-electron chi connectivity index (χ1n) is 16.3. The second-order valence-electron chi connectivity index (χ2n) is 12.2. The van der Waals surface area contributed by atoms with Crippen LogP contribution < -0.4 is 0 Å². The molecule has 1 nitrogen and oxygen atoms in total. The number of allylic oxidation sites excluding steroid dienone is 13. The third-order valence-electron chi connectivity index (χ3n) is 9.36. The number of rotatable bonds is 8. The highest BCUT2D eigenvalue weighted by Gasteiger charge is 2.24. The minimum Gasteiger partial charge on any atom is -0.338 e. The molecule has 0 bridgehead atoms. The predicted octanol–water partition coefficient (Wildman–Crippen LogP) is 11.0. The van der Waals surface area contributed by atoms with Crippen molar-refractivity contribution in [1.82, 2.24) is 4.90 Å². The monoisotopic (exact) mass is 571 g/mol. The lowest BCUT2D eigenvalue weighted by atomic mass is 9.83. The molecule has 0 amide bonds. The van der Waals surface area contributed by atoms with E-state index < -0.39 is 0 Å². The van der Waals surface area contributed by atoms with Gasteiger partial charge in [-0.05, 0) is 96.1 Å². The minimum absolute atomic E-state index is 0.236. The molecule has 0 aliphatic heterocycles. The van der Waals surface area contributed by atoms with Gasteiger partial charge in [-0.15, -0.1) is 0 Å². The third kappa shape index (κ3) is 6.19. The summed E-state index contributed by atoms with van der Waals surface area (Å²) in [4.78, 5) is 2.58. The number of benzene rings is 3. The Hall–Kier alpha value is -4.62. The van der Waals surface area contributed by atoms with Gasteiger partial charge in [0.15, 0.2) is 0 Å². The van der Waals surface area contributed by atoms with Gasteiger partial charge in [0.25, 0.3) is 0 Å². The van der Waals surface area contributed by atoms with Crippen molar-refractivity contribution in [3.8, 4) is 0 Å². The Morgan fingerprint density at radius 2 is 1.30 bits per heavy atom. The van der Waals surface area contributed by atoms with Crippen molar-refractivity contribution in [3.05, 3.63) is 197 Å². The second kappa shape index (κ2) is 13.3. The third-order valence-corrected chi connectivity index (χ3v) is 9.36. The maximum absolute atomic E-state index is 2.58. The summed E-state index contributed by atoms with van der Waals surface area (Å²) in [5.74, 6) is 0.236. The molecule has 218 valence electrons. The van der Waals surface area contributed by atoms with Crippen LogP contribution in [0.3, 0.4) is 0 Å². The molecule has 1 heteroatoms. The van der Waals surface area contributed by atoms with Crippen molar-refractivity contribution < 1.29 is 0 Å². The van der Waals surface area contributed by atoms with E-state index in [0.29, 0.717) is 6.04 Å². The lowest BCUT2D eigenvalue weighted by Gasteiger charge is -2.37. The average molecular weight is 572 g/mol. The summed E-state index contributed by atoms with van der Waals surface area (Å²) in [5, 5.41) is 0. The largest absolute Gasteiger partial charge is 0.338 e. The van der Waals surface area contributed by atoms with E-state index in [1.54, 1.807) is 0 Å². The first-order valence-corrected chi connectivity index (χ1v) is 16.3. The topological polar surface area (TPSA) is 3.24 Å². The highest BCUT2D eigenvalue weighted by atomic mass is 15.2. The van der Waals surface area contributed by atoms with Gasteiger partial charge in [-0.3, -0.25) is 0 Å². The van der Waals surface area contributed by atoms with Gasteiger partial charge in [-0.25, -0.2) is 0 Å². The quantitative estimate of drug-likeness (QED) is 0.243. The van der Waals surface area contributed by atoms with Crippen molar-refractivity contribution >= 4 is 5.57 Å². The molecular formula is C43H41N. The Morgan fingerprint density at radius 1 is 0.591 bits per heavy atom. The maximum atomic E-state index is 2.58. The van der Waals surface area contributed by atoms with Crippen LogP contribution in [0.5, 0.6) is 0 Å². The fourth-order valence-electron chi connectivity index (χ4n) is 7.05. The Kier molecular flexibility index (Phi) is 8.55. The summed E-state index contributed by atoms with van der Waals surface area (Å²) in [5.41, 5.74) is 12.4. The molecule has 0 radical (unpaired) electrons. The van der Waals surface area contributed by atoms with E-state index in [2.05, 4.69) is 157 Å². The van der Waals surface area contributed by atoms with Gasteiger partial charge >= 0.3 is 0 Å². The molecule has 3 aromatic rings. The Balaban J connectivity index is 1.07. The van der Waals surface area contributed by atoms with E-state index in [1.165, 1.54) is 50.4 Å². The van der Waals surface area contributed by atoms with Crippen LogP contribution in [0.1, 0.15) is 73.1 Å². The van der Waals surface area contributed by atoms with Gasteiger partial charge in [-0.2, -0.15) is 0 Å². The van der Waals surface area contributed by atoms with Crippen LogP contribution in [-0.2, 0) is 0 Å². The SMILES string of the molecule is C1=CCCC(N(C2=CCCC=C2)C2C=CC(C3=CC=C(c4ccc(C(c5ccccc5)c5ccccc5)cc4)CC3)=CC2)=C1. The van der Waals surface area contributed by atoms with Gasteiger partial charge in [0.1, 0.15) is 0 Å². The zero-order valence-electron chi connectivity index (χ0n) is 25.5. The lowest BCUT2D eigenvalue weighted by molar-refractivity contribution is 0.355. The highest BCUT2D eigenvalue weighted by Crippen LogP contribution is 2.37. The summed E-state index contributed by atoms with van der Waals surface area (Å²) < 4.78 is 0. The molecule has 7 rings (SSSR count). The van der Waals surface area contributed by atoms with Crippen LogP contribution in [0.25, 0.3) is 5.57 Å².